The van der Waals surface area contributed by atoms with E-state index in [4.69, 9.17) is 5.26 Å². The van der Waals surface area contributed by atoms with Gasteiger partial charge in [0.25, 0.3) is 0 Å². The van der Waals surface area contributed by atoms with Gasteiger partial charge in [-0.25, -0.2) is 4.39 Å². The summed E-state index contributed by atoms with van der Waals surface area (Å²) in [5.74, 6) is 0.162. The molecule has 0 atom stereocenters. The first kappa shape index (κ1) is 10.2. The van der Waals surface area contributed by atoms with Crippen molar-refractivity contribution in [3.05, 3.63) is 41.8 Å². The maximum Gasteiger partial charge on any atom is 0.152 e. The van der Waals surface area contributed by atoms with Gasteiger partial charge in [-0.15, -0.1) is 0 Å². The van der Waals surface area contributed by atoms with Gasteiger partial charge in [-0.1, -0.05) is 0 Å². The minimum Gasteiger partial charge on any atom is -0.339 e. The molecule has 2 aromatic rings. The van der Waals surface area contributed by atoms with Crippen LogP contribution in [-0.2, 0) is 7.05 Å². The number of nitriles is 1. The number of anilines is 2. The molecule has 0 saturated carbocycles. The van der Waals surface area contributed by atoms with Crippen LogP contribution in [0.5, 0.6) is 0 Å². The van der Waals surface area contributed by atoms with Crippen LogP contribution in [0.3, 0.4) is 0 Å². The predicted octanol–water partition coefficient (Wildman–Crippen LogP) is 2.17. The number of hydrogen-bond acceptors (Lipinski definition) is 3. The Balaban J connectivity index is 2.28. The lowest BCUT2D eigenvalue weighted by molar-refractivity contribution is 0.628. The number of benzene rings is 1. The Hall–Kier alpha value is -2.35. The maximum absolute atomic E-state index is 13.1. The summed E-state index contributed by atoms with van der Waals surface area (Å²) in [7, 11) is 1.79. The molecule has 16 heavy (non-hydrogen) atoms. The van der Waals surface area contributed by atoms with E-state index in [9.17, 15) is 4.39 Å². The molecular formula is C11H9FN4. The molecule has 0 saturated heterocycles. The SMILES string of the molecule is Cn1ccc(Nc2cc(F)cc(C#N)c2)n1. The Labute approximate surface area is 91.9 Å². The molecule has 1 aromatic heterocycles. The van der Waals surface area contributed by atoms with Gasteiger partial charge in [-0.2, -0.15) is 10.4 Å². The standard InChI is InChI=1S/C11H9FN4/c1-16-3-2-11(15-16)14-10-5-8(7-13)4-9(12)6-10/h2-6H,1H3,(H,14,15). The third-order valence-corrected chi connectivity index (χ3v) is 2.01. The first-order chi connectivity index (χ1) is 7.67. The van der Waals surface area contributed by atoms with Gasteiger partial charge in [0.2, 0.25) is 0 Å². The molecule has 0 aliphatic rings. The van der Waals surface area contributed by atoms with Crippen molar-refractivity contribution in [1.29, 1.82) is 5.26 Å². The van der Waals surface area contributed by atoms with Crippen LogP contribution in [-0.4, -0.2) is 9.78 Å². The highest BCUT2D eigenvalue weighted by atomic mass is 19.1. The topological polar surface area (TPSA) is 53.6 Å². The maximum atomic E-state index is 13.1. The highest BCUT2D eigenvalue weighted by molar-refractivity contribution is 5.58. The minimum atomic E-state index is -0.447. The average Bonchev–Trinajstić information content (AvgIpc) is 2.63. The zero-order chi connectivity index (χ0) is 11.5. The summed E-state index contributed by atoms with van der Waals surface area (Å²) in [6, 6.07) is 7.72. The molecule has 0 aliphatic carbocycles. The van der Waals surface area contributed by atoms with Crippen LogP contribution < -0.4 is 5.32 Å². The number of aromatic nitrogens is 2. The summed E-state index contributed by atoms with van der Waals surface area (Å²) in [4.78, 5) is 0. The van der Waals surface area contributed by atoms with Crippen molar-refractivity contribution in [1.82, 2.24) is 9.78 Å². The molecule has 1 aromatic carbocycles. The van der Waals surface area contributed by atoms with Gasteiger partial charge in [0.15, 0.2) is 5.82 Å². The molecular weight excluding hydrogens is 207 g/mol. The van der Waals surface area contributed by atoms with Crippen LogP contribution in [0, 0.1) is 17.1 Å². The molecule has 0 fully saturated rings. The van der Waals surface area contributed by atoms with E-state index in [1.165, 1.54) is 12.1 Å². The van der Waals surface area contributed by atoms with Gasteiger partial charge in [-0.3, -0.25) is 4.68 Å². The molecule has 1 heterocycles. The molecule has 4 nitrogen and oxygen atoms in total. The van der Waals surface area contributed by atoms with Crippen LogP contribution in [0.4, 0.5) is 15.9 Å². The average molecular weight is 216 g/mol. The van der Waals surface area contributed by atoms with E-state index >= 15 is 0 Å². The number of nitrogens with zero attached hydrogens (tertiary/aromatic N) is 3. The molecule has 0 spiro atoms. The normalized spacial score (nSPS) is 9.81. The second-order valence-electron chi connectivity index (χ2n) is 3.34. The quantitative estimate of drug-likeness (QED) is 0.837. The fourth-order valence-corrected chi connectivity index (χ4v) is 1.36. The molecule has 80 valence electrons. The van der Waals surface area contributed by atoms with Crippen LogP contribution in [0.25, 0.3) is 0 Å². The molecule has 0 radical (unpaired) electrons. The zero-order valence-corrected chi connectivity index (χ0v) is 8.61. The Morgan fingerprint density at radius 1 is 1.44 bits per heavy atom. The molecule has 0 amide bonds. The fraction of sp³-hybridized carbons (Fsp3) is 0.0909. The fourth-order valence-electron chi connectivity index (χ4n) is 1.36. The Bertz CT molecular complexity index is 553. The summed E-state index contributed by atoms with van der Waals surface area (Å²) in [6.45, 7) is 0. The third-order valence-electron chi connectivity index (χ3n) is 2.01. The number of halogens is 1. The van der Waals surface area contributed by atoms with Crippen LogP contribution in [0.15, 0.2) is 30.5 Å². The highest BCUT2D eigenvalue weighted by Crippen LogP contribution is 2.17. The van der Waals surface area contributed by atoms with Gasteiger partial charge in [0, 0.05) is 25.0 Å². The second kappa shape index (κ2) is 4.03. The highest BCUT2D eigenvalue weighted by Gasteiger charge is 2.02. The van der Waals surface area contributed by atoms with E-state index in [0.29, 0.717) is 11.5 Å². The number of nitrogens with one attached hydrogen (secondary N) is 1. The predicted molar refractivity (Wildman–Crippen MR) is 57.6 cm³/mol. The Kier molecular flexibility index (Phi) is 2.56. The summed E-state index contributed by atoms with van der Waals surface area (Å²) >= 11 is 0. The van der Waals surface area contributed by atoms with E-state index in [1.807, 2.05) is 6.07 Å². The summed E-state index contributed by atoms with van der Waals surface area (Å²) in [5, 5.41) is 15.7. The largest absolute Gasteiger partial charge is 0.339 e. The molecule has 1 N–H and O–H groups in total. The summed E-state index contributed by atoms with van der Waals surface area (Å²) < 4.78 is 14.7. The van der Waals surface area contributed by atoms with Crippen LogP contribution in [0.2, 0.25) is 0 Å². The monoisotopic (exact) mass is 216 g/mol. The molecule has 2 rings (SSSR count). The van der Waals surface area contributed by atoms with Crippen molar-refractivity contribution in [2.75, 3.05) is 5.32 Å². The van der Waals surface area contributed by atoms with E-state index in [1.54, 1.807) is 30.1 Å². The summed E-state index contributed by atoms with van der Waals surface area (Å²) in [6.07, 6.45) is 1.77. The van der Waals surface area contributed by atoms with Crippen LogP contribution >= 0.6 is 0 Å². The Morgan fingerprint density at radius 2 is 2.25 bits per heavy atom. The Morgan fingerprint density at radius 3 is 2.88 bits per heavy atom. The minimum absolute atomic E-state index is 0.276. The first-order valence-electron chi connectivity index (χ1n) is 4.65. The van der Waals surface area contributed by atoms with E-state index < -0.39 is 5.82 Å². The molecule has 5 heteroatoms. The van der Waals surface area contributed by atoms with Gasteiger partial charge < -0.3 is 5.32 Å². The van der Waals surface area contributed by atoms with E-state index in [2.05, 4.69) is 10.4 Å². The number of hydrogen-bond donors (Lipinski definition) is 1. The van der Waals surface area contributed by atoms with Crippen LogP contribution in [0.1, 0.15) is 5.56 Å². The lowest BCUT2D eigenvalue weighted by Crippen LogP contribution is -1.95. The second-order valence-corrected chi connectivity index (χ2v) is 3.34. The summed E-state index contributed by atoms with van der Waals surface area (Å²) in [5.41, 5.74) is 0.786. The van der Waals surface area contributed by atoms with E-state index in [-0.39, 0.29) is 5.56 Å². The van der Waals surface area contributed by atoms with Crippen molar-refractivity contribution in [3.8, 4) is 6.07 Å². The zero-order valence-electron chi connectivity index (χ0n) is 8.61. The molecule has 0 unspecified atom stereocenters. The lowest BCUT2D eigenvalue weighted by Gasteiger charge is -2.03. The number of rotatable bonds is 2. The van der Waals surface area contributed by atoms with Crippen molar-refractivity contribution in [3.63, 3.8) is 0 Å². The molecule has 0 aliphatic heterocycles. The van der Waals surface area contributed by atoms with Crippen molar-refractivity contribution < 1.29 is 4.39 Å². The van der Waals surface area contributed by atoms with Crippen molar-refractivity contribution in [2.24, 2.45) is 7.05 Å². The first-order valence-corrected chi connectivity index (χ1v) is 4.65. The van der Waals surface area contributed by atoms with Crippen molar-refractivity contribution in [2.45, 2.75) is 0 Å². The van der Waals surface area contributed by atoms with E-state index in [0.717, 1.165) is 0 Å². The van der Waals surface area contributed by atoms with Gasteiger partial charge in [-0.05, 0) is 18.2 Å². The molecule has 0 bridgehead atoms. The smallest absolute Gasteiger partial charge is 0.152 e. The van der Waals surface area contributed by atoms with Gasteiger partial charge >= 0.3 is 0 Å². The lowest BCUT2D eigenvalue weighted by atomic mass is 10.2. The van der Waals surface area contributed by atoms with Gasteiger partial charge in [0.1, 0.15) is 5.82 Å². The third kappa shape index (κ3) is 2.17. The number of aryl methyl sites for hydroxylation is 1. The van der Waals surface area contributed by atoms with Crippen molar-refractivity contribution >= 4 is 11.5 Å². The van der Waals surface area contributed by atoms with Gasteiger partial charge in [0.05, 0.1) is 11.6 Å².